The van der Waals surface area contributed by atoms with Crippen LogP contribution in [0.5, 0.6) is 5.75 Å². The summed E-state index contributed by atoms with van der Waals surface area (Å²) >= 11 is 6.09. The maximum absolute atomic E-state index is 12.8. The van der Waals surface area contributed by atoms with Crippen molar-refractivity contribution in [2.75, 3.05) is 6.61 Å². The molecular weight excluding hydrogens is 350 g/mol. The lowest BCUT2D eigenvalue weighted by Gasteiger charge is -2.18. The number of aryl methyl sites for hydroxylation is 2. The molecule has 3 aromatic rings. The monoisotopic (exact) mass is 369 g/mol. The largest absolute Gasteiger partial charge is 0.493 e. The Bertz CT molecular complexity index is 981. The van der Waals surface area contributed by atoms with Gasteiger partial charge in [-0.3, -0.25) is 9.20 Å². The minimum Gasteiger partial charge on any atom is -0.493 e. The van der Waals surface area contributed by atoms with Crippen LogP contribution in [0.3, 0.4) is 0 Å². The molecule has 3 heterocycles. The Labute approximate surface area is 157 Å². The Balaban J connectivity index is 1.57. The highest BCUT2D eigenvalue weighted by atomic mass is 35.5. The van der Waals surface area contributed by atoms with Gasteiger partial charge in [-0.05, 0) is 48.6 Å². The molecule has 6 heteroatoms. The van der Waals surface area contributed by atoms with Crippen molar-refractivity contribution >= 4 is 23.2 Å². The first-order valence-corrected chi connectivity index (χ1v) is 9.23. The topological polar surface area (TPSA) is 55.6 Å². The van der Waals surface area contributed by atoms with Crippen LogP contribution in [0.1, 0.15) is 40.7 Å². The predicted octanol–water partition coefficient (Wildman–Crippen LogP) is 3.81. The number of nitrogens with zero attached hydrogens (tertiary/aromatic N) is 2. The van der Waals surface area contributed by atoms with Crippen LogP contribution in [0, 0.1) is 0 Å². The molecule has 0 unspecified atom stereocenters. The number of ether oxygens (including phenoxy) is 1. The van der Waals surface area contributed by atoms with Crippen LogP contribution < -0.4 is 10.1 Å². The summed E-state index contributed by atoms with van der Waals surface area (Å²) in [5.41, 5.74) is 4.27. The summed E-state index contributed by atoms with van der Waals surface area (Å²) < 4.78 is 7.47. The average Bonchev–Trinajstić information content (AvgIpc) is 3.03. The van der Waals surface area contributed by atoms with Gasteiger partial charge in [0.25, 0.3) is 5.91 Å². The number of rotatable bonds is 4. The van der Waals surface area contributed by atoms with Gasteiger partial charge in [-0.15, -0.1) is 0 Å². The minimum atomic E-state index is -0.157. The van der Waals surface area contributed by atoms with Gasteiger partial charge in [0, 0.05) is 12.7 Å². The van der Waals surface area contributed by atoms with E-state index in [1.807, 2.05) is 25.1 Å². The van der Waals surface area contributed by atoms with Crippen molar-refractivity contribution in [3.05, 3.63) is 64.1 Å². The summed E-state index contributed by atoms with van der Waals surface area (Å²) in [6.45, 7) is 3.18. The maximum Gasteiger partial charge on any atom is 0.270 e. The Hall–Kier alpha value is -2.53. The van der Waals surface area contributed by atoms with Gasteiger partial charge in [-0.1, -0.05) is 30.7 Å². The van der Waals surface area contributed by atoms with Gasteiger partial charge in [-0.25, -0.2) is 4.98 Å². The molecule has 0 aliphatic carbocycles. The quantitative estimate of drug-likeness (QED) is 0.760. The second-order valence-electron chi connectivity index (χ2n) is 6.41. The van der Waals surface area contributed by atoms with E-state index in [4.69, 9.17) is 16.3 Å². The summed E-state index contributed by atoms with van der Waals surface area (Å²) in [5.74, 6) is 0.772. The number of carbonyl (C=O) groups excluding carboxylic acids is 1. The molecule has 1 aliphatic heterocycles. The maximum atomic E-state index is 12.8. The molecule has 0 radical (unpaired) electrons. The molecule has 0 fully saturated rings. The number of benzene rings is 1. The highest BCUT2D eigenvalue weighted by Crippen LogP contribution is 2.26. The number of aromatic nitrogens is 2. The molecule has 5 nitrogen and oxygen atoms in total. The summed E-state index contributed by atoms with van der Waals surface area (Å²) in [4.78, 5) is 17.4. The van der Waals surface area contributed by atoms with Crippen molar-refractivity contribution in [3.63, 3.8) is 0 Å². The Morgan fingerprint density at radius 2 is 2.23 bits per heavy atom. The van der Waals surface area contributed by atoms with E-state index in [0.717, 1.165) is 42.1 Å². The Morgan fingerprint density at radius 3 is 3.08 bits per heavy atom. The average molecular weight is 370 g/mol. The smallest absolute Gasteiger partial charge is 0.270 e. The zero-order valence-electron chi connectivity index (χ0n) is 14.6. The molecule has 1 aromatic carbocycles. The molecule has 2 aromatic heterocycles. The van der Waals surface area contributed by atoms with Crippen molar-refractivity contribution in [2.24, 2.45) is 0 Å². The van der Waals surface area contributed by atoms with E-state index in [2.05, 4.69) is 16.4 Å². The molecule has 0 bridgehead atoms. The van der Waals surface area contributed by atoms with Crippen LogP contribution in [0.2, 0.25) is 5.02 Å². The first-order chi connectivity index (χ1) is 12.7. The van der Waals surface area contributed by atoms with Gasteiger partial charge in [0.05, 0.1) is 17.3 Å². The lowest BCUT2D eigenvalue weighted by molar-refractivity contribution is 0.0944. The third kappa shape index (κ3) is 3.15. The molecule has 0 saturated heterocycles. The minimum absolute atomic E-state index is 0.157. The van der Waals surface area contributed by atoms with E-state index >= 15 is 0 Å². The second kappa shape index (κ2) is 7.00. The van der Waals surface area contributed by atoms with Gasteiger partial charge in [0.1, 0.15) is 17.1 Å². The zero-order chi connectivity index (χ0) is 18.1. The summed E-state index contributed by atoms with van der Waals surface area (Å²) in [5, 5.41) is 3.56. The molecule has 1 N–H and O–H groups in total. The van der Waals surface area contributed by atoms with E-state index < -0.39 is 0 Å². The first-order valence-electron chi connectivity index (χ1n) is 8.85. The van der Waals surface area contributed by atoms with Gasteiger partial charge < -0.3 is 10.1 Å². The predicted molar refractivity (Wildman–Crippen MR) is 101 cm³/mol. The molecule has 1 aliphatic rings. The third-order valence-electron chi connectivity index (χ3n) is 4.64. The lowest BCUT2D eigenvalue weighted by Crippen LogP contribution is -2.25. The lowest BCUT2D eigenvalue weighted by atomic mass is 10.0. The fraction of sp³-hybridized carbons (Fsp3) is 0.300. The Morgan fingerprint density at radius 1 is 1.35 bits per heavy atom. The third-order valence-corrected chi connectivity index (χ3v) is 4.86. The summed E-state index contributed by atoms with van der Waals surface area (Å²) in [6.07, 6.45) is 4.50. The SMILES string of the molecule is CCc1nc2ccc(Cl)cn2c1C(=O)NCc1ccc2c(c1)OCCC2. The number of fused-ring (bicyclic) bond motifs is 2. The molecule has 4 rings (SSSR count). The van der Waals surface area contributed by atoms with Crippen molar-refractivity contribution in [2.45, 2.75) is 32.7 Å². The zero-order valence-corrected chi connectivity index (χ0v) is 15.3. The van der Waals surface area contributed by atoms with Crippen LogP contribution in [0.15, 0.2) is 36.5 Å². The highest BCUT2D eigenvalue weighted by molar-refractivity contribution is 6.30. The molecular formula is C20H20ClN3O2. The van der Waals surface area contributed by atoms with Crippen LogP contribution in [0.4, 0.5) is 0 Å². The molecule has 134 valence electrons. The molecule has 1 amide bonds. The van der Waals surface area contributed by atoms with E-state index in [9.17, 15) is 4.79 Å². The molecule has 26 heavy (non-hydrogen) atoms. The van der Waals surface area contributed by atoms with E-state index in [1.54, 1.807) is 16.7 Å². The van der Waals surface area contributed by atoms with Gasteiger partial charge in [-0.2, -0.15) is 0 Å². The first kappa shape index (κ1) is 16.9. The van der Waals surface area contributed by atoms with Gasteiger partial charge in [0.15, 0.2) is 0 Å². The standard InChI is InChI=1S/C20H20ClN3O2/c1-2-16-19(24-12-15(21)7-8-18(24)23-16)20(25)22-11-13-5-6-14-4-3-9-26-17(14)10-13/h5-8,10,12H,2-4,9,11H2,1H3,(H,22,25). The van der Waals surface area contributed by atoms with E-state index in [1.165, 1.54) is 5.56 Å². The summed E-state index contributed by atoms with van der Waals surface area (Å²) in [6, 6.07) is 9.74. The van der Waals surface area contributed by atoms with Crippen molar-refractivity contribution in [1.82, 2.24) is 14.7 Å². The van der Waals surface area contributed by atoms with Crippen molar-refractivity contribution in [1.29, 1.82) is 0 Å². The molecule has 0 atom stereocenters. The molecule has 0 spiro atoms. The number of carbonyl (C=O) groups is 1. The summed E-state index contributed by atoms with van der Waals surface area (Å²) in [7, 11) is 0. The fourth-order valence-corrected chi connectivity index (χ4v) is 3.48. The number of amides is 1. The Kier molecular flexibility index (Phi) is 4.55. The number of halogens is 1. The van der Waals surface area contributed by atoms with Gasteiger partial charge >= 0.3 is 0 Å². The number of hydrogen-bond acceptors (Lipinski definition) is 3. The normalized spacial score (nSPS) is 13.3. The van der Waals surface area contributed by atoms with Crippen molar-refractivity contribution < 1.29 is 9.53 Å². The number of pyridine rings is 1. The highest BCUT2D eigenvalue weighted by Gasteiger charge is 2.18. The number of nitrogens with one attached hydrogen (secondary N) is 1. The van der Waals surface area contributed by atoms with E-state index in [0.29, 0.717) is 23.7 Å². The number of hydrogen-bond donors (Lipinski definition) is 1. The fourth-order valence-electron chi connectivity index (χ4n) is 3.32. The van der Waals surface area contributed by atoms with Gasteiger partial charge in [0.2, 0.25) is 0 Å². The number of imidazole rings is 1. The van der Waals surface area contributed by atoms with Crippen LogP contribution in [-0.2, 0) is 19.4 Å². The van der Waals surface area contributed by atoms with Crippen molar-refractivity contribution in [3.8, 4) is 5.75 Å². The van der Waals surface area contributed by atoms with Crippen LogP contribution in [-0.4, -0.2) is 21.9 Å². The molecule has 0 saturated carbocycles. The van der Waals surface area contributed by atoms with E-state index in [-0.39, 0.29) is 5.91 Å². The van der Waals surface area contributed by atoms with Crippen LogP contribution >= 0.6 is 11.6 Å². The van der Waals surface area contributed by atoms with Crippen LogP contribution in [0.25, 0.3) is 5.65 Å². The second-order valence-corrected chi connectivity index (χ2v) is 6.85.